The first-order valence-electron chi connectivity index (χ1n) is 6.07. The van der Waals surface area contributed by atoms with E-state index in [0.29, 0.717) is 5.69 Å². The molecule has 0 unspecified atom stereocenters. The molecule has 0 aliphatic heterocycles. The molecule has 0 radical (unpaired) electrons. The number of ether oxygens (including phenoxy) is 1. The molecule has 0 aliphatic carbocycles. The Morgan fingerprint density at radius 3 is 2.29 bits per heavy atom. The number of benzene rings is 1. The number of hydrogen-bond donors (Lipinski definition) is 2. The van der Waals surface area contributed by atoms with Crippen molar-refractivity contribution in [3.05, 3.63) is 24.3 Å². The molecule has 0 fully saturated rings. The number of carbonyl (C=O) groups is 2. The molecule has 1 aromatic carbocycles. The lowest BCUT2D eigenvalue weighted by molar-refractivity contribution is -0.153. The molecule has 21 heavy (non-hydrogen) atoms. The number of anilines is 1. The summed E-state index contributed by atoms with van der Waals surface area (Å²) >= 11 is 0. The minimum absolute atomic E-state index is 0.0381. The summed E-state index contributed by atoms with van der Waals surface area (Å²) in [6.45, 7) is -1.38. The number of amides is 1. The van der Waals surface area contributed by atoms with Gasteiger partial charge in [0, 0.05) is 18.5 Å². The van der Waals surface area contributed by atoms with Gasteiger partial charge in [0.1, 0.15) is 5.75 Å². The molecular weight excluding hydrogens is 291 g/mol. The van der Waals surface area contributed by atoms with E-state index in [9.17, 15) is 22.8 Å². The second-order valence-corrected chi connectivity index (χ2v) is 4.22. The van der Waals surface area contributed by atoms with Crippen molar-refractivity contribution >= 4 is 17.6 Å². The minimum Gasteiger partial charge on any atom is -0.484 e. The predicted molar refractivity (Wildman–Crippen MR) is 68.1 cm³/mol. The van der Waals surface area contributed by atoms with Gasteiger partial charge in [-0.2, -0.15) is 13.2 Å². The Morgan fingerprint density at radius 2 is 1.76 bits per heavy atom. The molecule has 0 saturated heterocycles. The molecule has 0 atom stereocenters. The summed E-state index contributed by atoms with van der Waals surface area (Å²) in [4.78, 5) is 21.7. The molecule has 0 aliphatic rings. The van der Waals surface area contributed by atoms with E-state index >= 15 is 0 Å². The van der Waals surface area contributed by atoms with Gasteiger partial charge >= 0.3 is 12.1 Å². The van der Waals surface area contributed by atoms with Gasteiger partial charge in [-0.3, -0.25) is 9.59 Å². The summed E-state index contributed by atoms with van der Waals surface area (Å²) < 4.78 is 40.4. The molecular formula is C13H14F3NO4. The van der Waals surface area contributed by atoms with Crippen molar-refractivity contribution in [2.45, 2.75) is 25.4 Å². The van der Waals surface area contributed by atoms with E-state index in [4.69, 9.17) is 5.11 Å². The maximum Gasteiger partial charge on any atom is 0.422 e. The maximum absolute atomic E-state index is 11.9. The van der Waals surface area contributed by atoms with Gasteiger partial charge in [0.15, 0.2) is 6.61 Å². The number of halogens is 3. The summed E-state index contributed by atoms with van der Waals surface area (Å²) in [6.07, 6.45) is -4.23. The summed E-state index contributed by atoms with van der Waals surface area (Å²) in [5.74, 6) is -1.30. The quantitative estimate of drug-likeness (QED) is 0.812. The Kier molecular flexibility index (Phi) is 6.01. The van der Waals surface area contributed by atoms with Crippen molar-refractivity contribution in [1.29, 1.82) is 0 Å². The summed E-state index contributed by atoms with van der Waals surface area (Å²) in [6, 6.07) is 5.42. The molecule has 1 aromatic rings. The van der Waals surface area contributed by atoms with Gasteiger partial charge in [0.25, 0.3) is 0 Å². The zero-order chi connectivity index (χ0) is 15.9. The highest BCUT2D eigenvalue weighted by atomic mass is 19.4. The van der Waals surface area contributed by atoms with Crippen LogP contribution >= 0.6 is 0 Å². The molecule has 0 heterocycles. The average molecular weight is 305 g/mol. The van der Waals surface area contributed by atoms with E-state index in [1.807, 2.05) is 0 Å². The summed E-state index contributed by atoms with van der Waals surface area (Å²) in [5, 5.41) is 10.9. The smallest absolute Gasteiger partial charge is 0.422 e. The Balaban J connectivity index is 2.40. The lowest BCUT2D eigenvalue weighted by Gasteiger charge is -2.10. The standard InChI is InChI=1S/C13H14F3NO4/c14-13(15,16)8-21-10-6-4-9(5-7-10)17-11(18)2-1-3-12(19)20/h4-7H,1-3,8H2,(H,17,18)(H,19,20). The molecule has 0 saturated carbocycles. The van der Waals surface area contributed by atoms with Gasteiger partial charge in [0.2, 0.25) is 5.91 Å². The first kappa shape index (κ1) is 16.8. The number of carboxylic acids is 1. The fourth-order valence-electron chi connectivity index (χ4n) is 1.42. The van der Waals surface area contributed by atoms with Crippen molar-refractivity contribution < 1.29 is 32.6 Å². The molecule has 116 valence electrons. The fraction of sp³-hybridized carbons (Fsp3) is 0.385. The molecule has 1 amide bonds. The molecule has 2 N–H and O–H groups in total. The Morgan fingerprint density at radius 1 is 1.14 bits per heavy atom. The average Bonchev–Trinajstić information content (AvgIpc) is 2.36. The van der Waals surface area contributed by atoms with Crippen molar-refractivity contribution in [3.63, 3.8) is 0 Å². The second kappa shape index (κ2) is 7.51. The SMILES string of the molecule is O=C(O)CCCC(=O)Nc1ccc(OCC(F)(F)F)cc1. The van der Waals surface area contributed by atoms with Crippen LogP contribution in [-0.2, 0) is 9.59 Å². The molecule has 0 aromatic heterocycles. The van der Waals surface area contributed by atoms with Crippen LogP contribution in [0.25, 0.3) is 0 Å². The topological polar surface area (TPSA) is 75.6 Å². The van der Waals surface area contributed by atoms with Crippen LogP contribution in [0.1, 0.15) is 19.3 Å². The van der Waals surface area contributed by atoms with Crippen LogP contribution in [0.5, 0.6) is 5.75 Å². The van der Waals surface area contributed by atoms with Crippen LogP contribution < -0.4 is 10.1 Å². The van der Waals surface area contributed by atoms with Crippen molar-refractivity contribution in [2.24, 2.45) is 0 Å². The number of carboxylic acid groups (broad SMARTS) is 1. The third-order valence-corrected chi connectivity index (χ3v) is 2.34. The van der Waals surface area contributed by atoms with E-state index in [-0.39, 0.29) is 30.9 Å². The van der Waals surface area contributed by atoms with Crippen LogP contribution in [-0.4, -0.2) is 29.8 Å². The van der Waals surface area contributed by atoms with Crippen LogP contribution in [0.3, 0.4) is 0 Å². The van der Waals surface area contributed by atoms with Crippen LogP contribution in [0, 0.1) is 0 Å². The Labute approximate surface area is 118 Å². The summed E-state index contributed by atoms with van der Waals surface area (Å²) in [7, 11) is 0. The molecule has 0 spiro atoms. The predicted octanol–water partition coefficient (Wildman–Crippen LogP) is 2.82. The monoisotopic (exact) mass is 305 g/mol. The number of nitrogens with one attached hydrogen (secondary N) is 1. The number of aliphatic carboxylic acids is 1. The van der Waals surface area contributed by atoms with Gasteiger partial charge in [-0.25, -0.2) is 0 Å². The van der Waals surface area contributed by atoms with Gasteiger partial charge in [-0.05, 0) is 30.7 Å². The third-order valence-electron chi connectivity index (χ3n) is 2.34. The highest BCUT2D eigenvalue weighted by Crippen LogP contribution is 2.20. The normalized spacial score (nSPS) is 11.0. The largest absolute Gasteiger partial charge is 0.484 e. The van der Waals surface area contributed by atoms with E-state index < -0.39 is 18.8 Å². The van der Waals surface area contributed by atoms with Gasteiger partial charge < -0.3 is 15.2 Å². The van der Waals surface area contributed by atoms with Gasteiger partial charge in [-0.15, -0.1) is 0 Å². The molecule has 5 nitrogen and oxygen atoms in total. The van der Waals surface area contributed by atoms with Crippen LogP contribution in [0.15, 0.2) is 24.3 Å². The van der Waals surface area contributed by atoms with Crippen molar-refractivity contribution in [1.82, 2.24) is 0 Å². The molecule has 8 heteroatoms. The van der Waals surface area contributed by atoms with E-state index in [1.165, 1.54) is 24.3 Å². The van der Waals surface area contributed by atoms with Crippen molar-refractivity contribution in [2.75, 3.05) is 11.9 Å². The van der Waals surface area contributed by atoms with E-state index in [1.54, 1.807) is 0 Å². The van der Waals surface area contributed by atoms with Gasteiger partial charge in [0.05, 0.1) is 0 Å². The number of alkyl halides is 3. The fourth-order valence-corrected chi connectivity index (χ4v) is 1.42. The maximum atomic E-state index is 11.9. The Hall–Kier alpha value is -2.25. The first-order valence-corrected chi connectivity index (χ1v) is 6.07. The zero-order valence-corrected chi connectivity index (χ0v) is 10.9. The lowest BCUT2D eigenvalue weighted by Crippen LogP contribution is -2.19. The number of hydrogen-bond acceptors (Lipinski definition) is 3. The Bertz CT molecular complexity index is 485. The van der Waals surface area contributed by atoms with E-state index in [0.717, 1.165) is 0 Å². The number of carbonyl (C=O) groups excluding carboxylic acids is 1. The van der Waals surface area contributed by atoms with E-state index in [2.05, 4.69) is 10.1 Å². The van der Waals surface area contributed by atoms with Gasteiger partial charge in [-0.1, -0.05) is 0 Å². The first-order chi connectivity index (χ1) is 9.76. The van der Waals surface area contributed by atoms with Crippen LogP contribution in [0.4, 0.5) is 18.9 Å². The third kappa shape index (κ3) is 7.81. The summed E-state index contributed by atoms with van der Waals surface area (Å²) in [5.41, 5.74) is 0.398. The minimum atomic E-state index is -4.41. The highest BCUT2D eigenvalue weighted by Gasteiger charge is 2.28. The number of rotatable bonds is 7. The zero-order valence-electron chi connectivity index (χ0n) is 10.9. The molecule has 1 rings (SSSR count). The molecule has 0 bridgehead atoms. The lowest BCUT2D eigenvalue weighted by atomic mass is 10.2. The van der Waals surface area contributed by atoms with Crippen molar-refractivity contribution in [3.8, 4) is 5.75 Å². The second-order valence-electron chi connectivity index (χ2n) is 4.22. The highest BCUT2D eigenvalue weighted by molar-refractivity contribution is 5.90. The van der Waals surface area contributed by atoms with Crippen LogP contribution in [0.2, 0.25) is 0 Å².